The van der Waals surface area contributed by atoms with Crippen LogP contribution in [0.1, 0.15) is 16.8 Å². The number of aromatic nitrogens is 2. The number of nitrogens with two attached hydrogens (primary N) is 1. The number of thiocarbonyl (C=S) groups is 1. The lowest BCUT2D eigenvalue weighted by Crippen LogP contribution is -2.14. The average molecular weight is 290 g/mol. The van der Waals surface area contributed by atoms with Crippen molar-refractivity contribution in [3.8, 4) is 5.75 Å². The van der Waals surface area contributed by atoms with Crippen molar-refractivity contribution in [3.63, 3.8) is 0 Å². The second-order valence-electron chi connectivity index (χ2n) is 4.46. The summed E-state index contributed by atoms with van der Waals surface area (Å²) >= 11 is 5.09. The van der Waals surface area contributed by atoms with Gasteiger partial charge in [0.1, 0.15) is 16.6 Å². The molecule has 6 heteroatoms. The van der Waals surface area contributed by atoms with Gasteiger partial charge in [0.15, 0.2) is 0 Å². The molecule has 0 saturated carbocycles. The third-order valence-corrected chi connectivity index (χ3v) is 3.31. The van der Waals surface area contributed by atoms with Crippen LogP contribution in [0.4, 0.5) is 5.82 Å². The van der Waals surface area contributed by atoms with E-state index in [1.165, 1.54) is 0 Å². The topological polar surface area (TPSA) is 65.1 Å². The summed E-state index contributed by atoms with van der Waals surface area (Å²) in [5.41, 5.74) is 8.44. The standard InChI is InChI=1S/C14H18N4OS/c1-9-12(13(15)20)14(18(2)17-9)16-8-10-6-4-5-7-11(10)19-3/h4-7,16H,8H2,1-3H3,(H2,15,20). The molecule has 20 heavy (non-hydrogen) atoms. The Bertz CT molecular complexity index is 636. The second kappa shape index (κ2) is 5.92. The van der Waals surface area contributed by atoms with Gasteiger partial charge in [-0.15, -0.1) is 0 Å². The molecule has 0 amide bonds. The minimum atomic E-state index is 0.345. The van der Waals surface area contributed by atoms with Crippen molar-refractivity contribution in [2.24, 2.45) is 12.8 Å². The molecule has 2 aromatic rings. The Hall–Kier alpha value is -2.08. The molecule has 0 bridgehead atoms. The van der Waals surface area contributed by atoms with Crippen LogP contribution in [0.15, 0.2) is 24.3 Å². The molecule has 0 saturated heterocycles. The summed E-state index contributed by atoms with van der Waals surface area (Å²) in [5, 5.41) is 7.67. The van der Waals surface area contributed by atoms with Crippen molar-refractivity contribution in [1.29, 1.82) is 0 Å². The van der Waals surface area contributed by atoms with E-state index >= 15 is 0 Å². The summed E-state index contributed by atoms with van der Waals surface area (Å²) < 4.78 is 7.08. The van der Waals surface area contributed by atoms with E-state index in [0.29, 0.717) is 11.5 Å². The van der Waals surface area contributed by atoms with Crippen LogP contribution in [0.3, 0.4) is 0 Å². The summed E-state index contributed by atoms with van der Waals surface area (Å²) in [6, 6.07) is 7.86. The zero-order chi connectivity index (χ0) is 14.7. The molecule has 1 aromatic carbocycles. The van der Waals surface area contributed by atoms with Crippen molar-refractivity contribution >= 4 is 23.0 Å². The van der Waals surface area contributed by atoms with Crippen molar-refractivity contribution in [2.45, 2.75) is 13.5 Å². The predicted molar refractivity (Wildman–Crippen MR) is 84.2 cm³/mol. The van der Waals surface area contributed by atoms with E-state index in [0.717, 1.165) is 28.4 Å². The number of methoxy groups -OCH3 is 1. The van der Waals surface area contributed by atoms with Crippen LogP contribution in [-0.2, 0) is 13.6 Å². The number of anilines is 1. The van der Waals surface area contributed by atoms with Gasteiger partial charge in [0.25, 0.3) is 0 Å². The summed E-state index contributed by atoms with van der Waals surface area (Å²) in [5.74, 6) is 1.66. The molecule has 2 rings (SSSR count). The summed E-state index contributed by atoms with van der Waals surface area (Å²) in [7, 11) is 3.52. The Labute approximate surface area is 123 Å². The minimum absolute atomic E-state index is 0.345. The van der Waals surface area contributed by atoms with E-state index in [4.69, 9.17) is 22.7 Å². The summed E-state index contributed by atoms with van der Waals surface area (Å²) in [6.07, 6.45) is 0. The maximum Gasteiger partial charge on any atom is 0.134 e. The normalized spacial score (nSPS) is 10.3. The maximum atomic E-state index is 5.77. The van der Waals surface area contributed by atoms with Crippen molar-refractivity contribution in [1.82, 2.24) is 9.78 Å². The van der Waals surface area contributed by atoms with Gasteiger partial charge in [-0.3, -0.25) is 4.68 Å². The van der Waals surface area contributed by atoms with Crippen LogP contribution < -0.4 is 15.8 Å². The Morgan fingerprint density at radius 3 is 2.80 bits per heavy atom. The lowest BCUT2D eigenvalue weighted by molar-refractivity contribution is 0.410. The molecule has 1 heterocycles. The van der Waals surface area contributed by atoms with E-state index in [-0.39, 0.29) is 0 Å². The Morgan fingerprint density at radius 1 is 1.45 bits per heavy atom. The monoisotopic (exact) mass is 290 g/mol. The highest BCUT2D eigenvalue weighted by Gasteiger charge is 2.15. The average Bonchev–Trinajstić information content (AvgIpc) is 2.71. The van der Waals surface area contributed by atoms with Gasteiger partial charge < -0.3 is 15.8 Å². The first-order valence-corrected chi connectivity index (χ1v) is 6.64. The summed E-state index contributed by atoms with van der Waals surface area (Å²) in [6.45, 7) is 2.50. The third-order valence-electron chi connectivity index (χ3n) is 3.11. The number of nitrogens with one attached hydrogen (secondary N) is 1. The molecule has 1 aromatic heterocycles. The van der Waals surface area contributed by atoms with E-state index < -0.39 is 0 Å². The highest BCUT2D eigenvalue weighted by atomic mass is 32.1. The first-order valence-electron chi connectivity index (χ1n) is 6.23. The van der Waals surface area contributed by atoms with Gasteiger partial charge in [-0.2, -0.15) is 5.10 Å². The molecule has 0 radical (unpaired) electrons. The fourth-order valence-corrected chi connectivity index (χ4v) is 2.43. The quantitative estimate of drug-likeness (QED) is 0.824. The number of hydrogen-bond acceptors (Lipinski definition) is 4. The fraction of sp³-hybridized carbons (Fsp3) is 0.286. The lowest BCUT2D eigenvalue weighted by Gasteiger charge is -2.12. The van der Waals surface area contributed by atoms with E-state index in [9.17, 15) is 0 Å². The number of aryl methyl sites for hydroxylation is 2. The van der Waals surface area contributed by atoms with E-state index in [1.807, 2.05) is 38.2 Å². The third kappa shape index (κ3) is 2.75. The van der Waals surface area contributed by atoms with Gasteiger partial charge in [0.2, 0.25) is 0 Å². The Kier molecular flexibility index (Phi) is 4.24. The SMILES string of the molecule is COc1ccccc1CNc1c(C(N)=S)c(C)nn1C. The molecule has 0 spiro atoms. The maximum absolute atomic E-state index is 5.77. The largest absolute Gasteiger partial charge is 0.496 e. The number of rotatable bonds is 5. The fourth-order valence-electron chi connectivity index (χ4n) is 2.18. The van der Waals surface area contributed by atoms with Crippen LogP contribution >= 0.6 is 12.2 Å². The molecule has 3 N–H and O–H groups in total. The van der Waals surface area contributed by atoms with Crippen LogP contribution in [0.2, 0.25) is 0 Å². The van der Waals surface area contributed by atoms with Gasteiger partial charge in [-0.05, 0) is 13.0 Å². The molecule has 0 atom stereocenters. The first kappa shape index (κ1) is 14.3. The molecular formula is C14H18N4OS. The molecule has 0 fully saturated rings. The zero-order valence-electron chi connectivity index (χ0n) is 11.8. The molecule has 106 valence electrons. The molecular weight excluding hydrogens is 272 g/mol. The van der Waals surface area contributed by atoms with Gasteiger partial charge in [-0.25, -0.2) is 0 Å². The highest BCUT2D eigenvalue weighted by Crippen LogP contribution is 2.22. The van der Waals surface area contributed by atoms with Gasteiger partial charge >= 0.3 is 0 Å². The van der Waals surface area contributed by atoms with Gasteiger partial charge in [-0.1, -0.05) is 30.4 Å². The smallest absolute Gasteiger partial charge is 0.134 e. The second-order valence-corrected chi connectivity index (χ2v) is 4.90. The van der Waals surface area contributed by atoms with Crippen molar-refractivity contribution in [2.75, 3.05) is 12.4 Å². The van der Waals surface area contributed by atoms with E-state index in [2.05, 4.69) is 10.4 Å². The van der Waals surface area contributed by atoms with E-state index in [1.54, 1.807) is 11.8 Å². The van der Waals surface area contributed by atoms with Crippen LogP contribution in [0.25, 0.3) is 0 Å². The molecule has 0 unspecified atom stereocenters. The molecule has 0 aliphatic carbocycles. The number of hydrogen-bond donors (Lipinski definition) is 2. The molecule has 0 aliphatic heterocycles. The summed E-state index contributed by atoms with van der Waals surface area (Å²) in [4.78, 5) is 0.345. The Morgan fingerprint density at radius 2 is 2.15 bits per heavy atom. The highest BCUT2D eigenvalue weighted by molar-refractivity contribution is 7.80. The number of nitrogens with zero attached hydrogens (tertiary/aromatic N) is 2. The van der Waals surface area contributed by atoms with Gasteiger partial charge in [0, 0.05) is 19.2 Å². The number of ether oxygens (including phenoxy) is 1. The predicted octanol–water partition coefficient (Wildman–Crippen LogP) is 1.98. The number of para-hydroxylation sites is 1. The van der Waals surface area contributed by atoms with Gasteiger partial charge in [0.05, 0.1) is 18.4 Å². The lowest BCUT2D eigenvalue weighted by atomic mass is 10.2. The number of benzene rings is 1. The van der Waals surface area contributed by atoms with Crippen LogP contribution in [0.5, 0.6) is 5.75 Å². The minimum Gasteiger partial charge on any atom is -0.496 e. The van der Waals surface area contributed by atoms with Crippen LogP contribution in [0, 0.1) is 6.92 Å². The molecule has 5 nitrogen and oxygen atoms in total. The Balaban J connectivity index is 2.25. The van der Waals surface area contributed by atoms with Crippen molar-refractivity contribution < 1.29 is 4.74 Å². The van der Waals surface area contributed by atoms with Crippen LogP contribution in [-0.4, -0.2) is 21.9 Å². The molecule has 0 aliphatic rings. The first-order chi connectivity index (χ1) is 9.54. The zero-order valence-corrected chi connectivity index (χ0v) is 12.6. The van der Waals surface area contributed by atoms with Crippen molar-refractivity contribution in [3.05, 3.63) is 41.1 Å².